The standard InChI is InChI=1S/C23H17ClF4N4O5S/c1-11(2)31-38(35,36)13-6-3-5-12(9-13)32-21(23(26,27)28)14(10-29-32)20-18(22(33)34)19(30-37-20)17-15(24)7-4-8-16(17)25/h3-11,31H,1-2H3,(H,33,34). The van der Waals surface area contributed by atoms with Crippen molar-refractivity contribution in [2.24, 2.45) is 0 Å². The van der Waals surface area contributed by atoms with Crippen LogP contribution in [0.3, 0.4) is 0 Å². The summed E-state index contributed by atoms with van der Waals surface area (Å²) < 4.78 is 90.3. The van der Waals surface area contributed by atoms with Crippen LogP contribution in [0.15, 0.2) is 58.1 Å². The molecule has 0 fully saturated rings. The van der Waals surface area contributed by atoms with Gasteiger partial charge in [-0.15, -0.1) is 0 Å². The van der Waals surface area contributed by atoms with Crippen LogP contribution < -0.4 is 4.72 Å². The first-order chi connectivity index (χ1) is 17.7. The number of hydrogen-bond acceptors (Lipinski definition) is 6. The molecule has 0 bridgehead atoms. The molecule has 0 saturated carbocycles. The first-order valence-electron chi connectivity index (χ1n) is 10.7. The van der Waals surface area contributed by atoms with E-state index in [-0.39, 0.29) is 15.6 Å². The van der Waals surface area contributed by atoms with Gasteiger partial charge in [-0.25, -0.2) is 27.0 Å². The summed E-state index contributed by atoms with van der Waals surface area (Å²) in [5.41, 5.74) is -4.56. The van der Waals surface area contributed by atoms with E-state index in [1.807, 2.05) is 0 Å². The summed E-state index contributed by atoms with van der Waals surface area (Å²) in [6.45, 7) is 3.15. The zero-order chi connectivity index (χ0) is 28.0. The number of rotatable bonds is 7. The zero-order valence-electron chi connectivity index (χ0n) is 19.4. The number of halogens is 5. The van der Waals surface area contributed by atoms with Gasteiger partial charge in [0.2, 0.25) is 10.0 Å². The largest absolute Gasteiger partial charge is 0.477 e. The van der Waals surface area contributed by atoms with Crippen LogP contribution in [-0.4, -0.2) is 40.5 Å². The molecule has 9 nitrogen and oxygen atoms in total. The maximum Gasteiger partial charge on any atom is 0.434 e. The second-order valence-corrected chi connectivity index (χ2v) is 10.3. The highest BCUT2D eigenvalue weighted by molar-refractivity contribution is 7.89. The average molecular weight is 573 g/mol. The van der Waals surface area contributed by atoms with Crippen molar-refractivity contribution in [1.82, 2.24) is 19.7 Å². The van der Waals surface area contributed by atoms with Gasteiger partial charge in [0.25, 0.3) is 0 Å². The van der Waals surface area contributed by atoms with E-state index in [2.05, 4.69) is 15.0 Å². The Morgan fingerprint density at radius 3 is 2.47 bits per heavy atom. The molecule has 2 aromatic carbocycles. The number of benzene rings is 2. The molecule has 38 heavy (non-hydrogen) atoms. The molecule has 0 saturated heterocycles. The molecule has 0 amide bonds. The van der Waals surface area contributed by atoms with Gasteiger partial charge in [0.1, 0.15) is 17.1 Å². The second kappa shape index (κ2) is 9.85. The van der Waals surface area contributed by atoms with Gasteiger partial charge >= 0.3 is 12.1 Å². The van der Waals surface area contributed by atoms with E-state index in [9.17, 15) is 35.9 Å². The minimum atomic E-state index is -5.13. The van der Waals surface area contributed by atoms with E-state index in [0.717, 1.165) is 12.1 Å². The van der Waals surface area contributed by atoms with Crippen molar-refractivity contribution in [3.8, 4) is 28.3 Å². The molecule has 15 heteroatoms. The van der Waals surface area contributed by atoms with Gasteiger partial charge in [0.15, 0.2) is 11.5 Å². The number of aromatic nitrogens is 3. The lowest BCUT2D eigenvalue weighted by Crippen LogP contribution is -2.30. The zero-order valence-corrected chi connectivity index (χ0v) is 21.0. The monoisotopic (exact) mass is 572 g/mol. The Bertz CT molecular complexity index is 1630. The third kappa shape index (κ3) is 5.01. The van der Waals surface area contributed by atoms with Crippen molar-refractivity contribution in [2.75, 3.05) is 0 Å². The third-order valence-corrected chi connectivity index (χ3v) is 7.12. The number of carbonyl (C=O) groups is 1. The van der Waals surface area contributed by atoms with Crippen molar-refractivity contribution in [3.05, 3.63) is 70.8 Å². The first-order valence-corrected chi connectivity index (χ1v) is 12.5. The van der Waals surface area contributed by atoms with E-state index in [0.29, 0.717) is 10.9 Å². The number of nitrogens with one attached hydrogen (secondary N) is 1. The fourth-order valence-electron chi connectivity index (χ4n) is 3.71. The predicted octanol–water partition coefficient (Wildman–Crippen LogP) is 5.39. The second-order valence-electron chi connectivity index (χ2n) is 8.23. The molecular formula is C23H17ClF4N4O5S. The van der Waals surface area contributed by atoms with Gasteiger partial charge in [-0.1, -0.05) is 28.9 Å². The number of nitrogens with zero attached hydrogens (tertiary/aromatic N) is 3. The number of aromatic carboxylic acids is 1. The van der Waals surface area contributed by atoms with Crippen molar-refractivity contribution in [2.45, 2.75) is 31.0 Å². The maximum absolute atomic E-state index is 14.5. The van der Waals surface area contributed by atoms with E-state index in [4.69, 9.17) is 16.1 Å². The summed E-state index contributed by atoms with van der Waals surface area (Å²) in [6, 6.07) is 7.55. The van der Waals surface area contributed by atoms with E-state index >= 15 is 0 Å². The highest BCUT2D eigenvalue weighted by Gasteiger charge is 2.42. The Morgan fingerprint density at radius 2 is 1.87 bits per heavy atom. The van der Waals surface area contributed by atoms with Crippen molar-refractivity contribution in [3.63, 3.8) is 0 Å². The van der Waals surface area contributed by atoms with Crippen LogP contribution in [0.25, 0.3) is 28.3 Å². The van der Waals surface area contributed by atoms with Crippen LogP contribution in [-0.2, 0) is 16.2 Å². The summed E-state index contributed by atoms with van der Waals surface area (Å²) >= 11 is 6.00. The summed E-state index contributed by atoms with van der Waals surface area (Å²) in [4.78, 5) is 11.8. The minimum absolute atomic E-state index is 0.243. The minimum Gasteiger partial charge on any atom is -0.477 e. The molecule has 0 aliphatic rings. The summed E-state index contributed by atoms with van der Waals surface area (Å²) in [6.07, 6.45) is -4.44. The predicted molar refractivity (Wildman–Crippen MR) is 127 cm³/mol. The summed E-state index contributed by atoms with van der Waals surface area (Å²) in [7, 11) is -4.06. The van der Waals surface area contributed by atoms with Gasteiger partial charge in [-0.05, 0) is 44.2 Å². The Labute approximate surface area is 217 Å². The number of sulfonamides is 1. The molecule has 2 aromatic heterocycles. The number of carboxylic acids is 1. The first kappa shape index (κ1) is 27.3. The molecule has 4 rings (SSSR count). The van der Waals surface area contributed by atoms with Gasteiger partial charge in [-0.2, -0.15) is 18.3 Å². The molecule has 0 unspecified atom stereocenters. The smallest absolute Gasteiger partial charge is 0.434 e. The highest BCUT2D eigenvalue weighted by atomic mass is 35.5. The van der Waals surface area contributed by atoms with Crippen molar-refractivity contribution < 1.29 is 40.4 Å². The fraction of sp³-hybridized carbons (Fsp3) is 0.174. The third-order valence-electron chi connectivity index (χ3n) is 5.15. The van der Waals surface area contributed by atoms with E-state index in [1.165, 1.54) is 30.3 Å². The van der Waals surface area contributed by atoms with Crippen LogP contribution in [0.5, 0.6) is 0 Å². The molecule has 0 spiro atoms. The number of hydrogen-bond donors (Lipinski definition) is 2. The Hall–Kier alpha value is -3.75. The fourth-order valence-corrected chi connectivity index (χ4v) is 5.25. The molecular weight excluding hydrogens is 556 g/mol. The average Bonchev–Trinajstić information content (AvgIpc) is 3.43. The molecule has 0 atom stereocenters. The van der Waals surface area contributed by atoms with Crippen molar-refractivity contribution >= 4 is 27.6 Å². The van der Waals surface area contributed by atoms with Gasteiger partial charge in [0.05, 0.1) is 32.9 Å². The highest BCUT2D eigenvalue weighted by Crippen LogP contribution is 2.43. The van der Waals surface area contributed by atoms with Crippen LogP contribution in [0, 0.1) is 5.82 Å². The van der Waals surface area contributed by atoms with E-state index in [1.54, 1.807) is 13.8 Å². The molecule has 0 radical (unpaired) electrons. The Kier molecular flexibility index (Phi) is 7.07. The van der Waals surface area contributed by atoms with Crippen LogP contribution in [0.4, 0.5) is 17.6 Å². The molecule has 2 N–H and O–H groups in total. The SMILES string of the molecule is CC(C)NS(=O)(=O)c1cccc(-n2ncc(-c3onc(-c4c(F)cccc4Cl)c3C(=O)O)c2C(F)(F)F)c1. The quantitative estimate of drug-likeness (QED) is 0.284. The van der Waals surface area contributed by atoms with Gasteiger partial charge in [-0.3, -0.25) is 0 Å². The normalized spacial score (nSPS) is 12.3. The van der Waals surface area contributed by atoms with Gasteiger partial charge in [0, 0.05) is 6.04 Å². The lowest BCUT2D eigenvalue weighted by Gasteiger charge is -2.14. The lowest BCUT2D eigenvalue weighted by molar-refractivity contribution is -0.142. The summed E-state index contributed by atoms with van der Waals surface area (Å²) in [5, 5.41) is 16.8. The number of carboxylic acid groups (broad SMARTS) is 1. The summed E-state index contributed by atoms with van der Waals surface area (Å²) in [5.74, 6) is -3.58. The lowest BCUT2D eigenvalue weighted by atomic mass is 10.0. The Balaban J connectivity index is 1.94. The van der Waals surface area contributed by atoms with Crippen LogP contribution in [0.1, 0.15) is 29.9 Å². The molecule has 0 aliphatic heterocycles. The van der Waals surface area contributed by atoms with E-state index < -0.39 is 67.9 Å². The van der Waals surface area contributed by atoms with Crippen LogP contribution >= 0.6 is 11.6 Å². The topological polar surface area (TPSA) is 127 Å². The van der Waals surface area contributed by atoms with Crippen molar-refractivity contribution in [1.29, 1.82) is 0 Å². The maximum atomic E-state index is 14.5. The Morgan fingerprint density at radius 1 is 1.18 bits per heavy atom. The molecule has 2 heterocycles. The van der Waals surface area contributed by atoms with Crippen LogP contribution in [0.2, 0.25) is 5.02 Å². The number of alkyl halides is 3. The molecule has 4 aromatic rings. The molecule has 200 valence electrons. The molecule has 0 aliphatic carbocycles. The van der Waals surface area contributed by atoms with Gasteiger partial charge < -0.3 is 9.63 Å².